The maximum Gasteiger partial charge on any atom is 0.173 e. The fraction of sp³-hybridized carbons (Fsp3) is 0.375. The average Bonchev–Trinajstić information content (AvgIpc) is 3.38. The lowest BCUT2D eigenvalue weighted by Crippen LogP contribution is -2.32. The van der Waals surface area contributed by atoms with E-state index in [1.54, 1.807) is 14.2 Å². The summed E-state index contributed by atoms with van der Waals surface area (Å²) in [5.41, 5.74) is 5.67. The van der Waals surface area contributed by atoms with Gasteiger partial charge < -0.3 is 24.2 Å². The second kappa shape index (κ2) is 6.97. The first kappa shape index (κ1) is 18.9. The van der Waals surface area contributed by atoms with E-state index < -0.39 is 0 Å². The standard InChI is InChI=1S/C24H25NO5/c1-12(2)14-7-13-5-6-15(24(26)16(13)8-14)23-22-17-9-19(27-3)20(28-4)10-18(17)29-11-21(22)30-25-23/h5-6,9-10,14,21-22,26H,1,7-8,11H2,2-4H3/t14-,21?,22?/m1/s1. The topological polar surface area (TPSA) is 69.5 Å². The number of aromatic hydroxyl groups is 1. The predicted octanol–water partition coefficient (Wildman–Crippen LogP) is 3.98. The molecule has 3 atom stereocenters. The van der Waals surface area contributed by atoms with Crippen LogP contribution in [0.4, 0.5) is 0 Å². The van der Waals surface area contributed by atoms with Gasteiger partial charge in [-0.2, -0.15) is 0 Å². The number of allylic oxidation sites excluding steroid dienone is 1. The Labute approximate surface area is 175 Å². The molecule has 5 rings (SSSR count). The van der Waals surface area contributed by atoms with Gasteiger partial charge in [-0.15, -0.1) is 0 Å². The van der Waals surface area contributed by atoms with Crippen molar-refractivity contribution in [2.75, 3.05) is 20.8 Å². The molecule has 0 amide bonds. The summed E-state index contributed by atoms with van der Waals surface area (Å²) in [6.07, 6.45) is 1.47. The molecule has 0 bridgehead atoms. The van der Waals surface area contributed by atoms with Gasteiger partial charge in [0.25, 0.3) is 0 Å². The maximum absolute atomic E-state index is 11.1. The Morgan fingerprint density at radius 2 is 1.93 bits per heavy atom. The zero-order chi connectivity index (χ0) is 21.0. The molecule has 6 heteroatoms. The van der Waals surface area contributed by atoms with E-state index in [1.807, 2.05) is 18.2 Å². The molecular weight excluding hydrogens is 382 g/mol. The van der Waals surface area contributed by atoms with Gasteiger partial charge in [-0.25, -0.2) is 0 Å². The van der Waals surface area contributed by atoms with E-state index in [1.165, 1.54) is 5.56 Å². The second-order valence-electron chi connectivity index (χ2n) is 8.21. The maximum atomic E-state index is 11.1. The smallest absolute Gasteiger partial charge is 0.173 e. The Hall–Kier alpha value is -3.15. The van der Waals surface area contributed by atoms with Crippen molar-refractivity contribution in [1.82, 2.24) is 0 Å². The summed E-state index contributed by atoms with van der Waals surface area (Å²) < 4.78 is 16.8. The van der Waals surface area contributed by atoms with Crippen LogP contribution in [0.2, 0.25) is 0 Å². The number of benzene rings is 2. The van der Waals surface area contributed by atoms with Crippen LogP contribution in [-0.4, -0.2) is 37.7 Å². The van der Waals surface area contributed by atoms with Crippen molar-refractivity contribution in [1.29, 1.82) is 0 Å². The Kier molecular flexibility index (Phi) is 4.38. The number of fused-ring (bicyclic) bond motifs is 4. The average molecular weight is 407 g/mol. The van der Waals surface area contributed by atoms with Crippen molar-refractivity contribution >= 4 is 5.71 Å². The number of hydrogen-bond donors (Lipinski definition) is 1. The lowest BCUT2D eigenvalue weighted by atomic mass is 9.83. The molecule has 2 unspecified atom stereocenters. The molecule has 0 spiro atoms. The van der Waals surface area contributed by atoms with Gasteiger partial charge in [0.1, 0.15) is 23.8 Å². The van der Waals surface area contributed by atoms with Crippen molar-refractivity contribution in [3.8, 4) is 23.0 Å². The van der Waals surface area contributed by atoms with E-state index in [0.717, 1.165) is 41.0 Å². The molecule has 2 heterocycles. The largest absolute Gasteiger partial charge is 0.507 e. The molecule has 0 saturated carbocycles. The summed E-state index contributed by atoms with van der Waals surface area (Å²) in [6, 6.07) is 7.80. The van der Waals surface area contributed by atoms with Gasteiger partial charge in [-0.1, -0.05) is 23.4 Å². The van der Waals surface area contributed by atoms with E-state index in [4.69, 9.17) is 19.0 Å². The molecule has 2 aliphatic heterocycles. The lowest BCUT2D eigenvalue weighted by Gasteiger charge is -2.28. The van der Waals surface area contributed by atoms with E-state index >= 15 is 0 Å². The zero-order valence-corrected chi connectivity index (χ0v) is 17.4. The fourth-order valence-corrected chi connectivity index (χ4v) is 4.76. The molecule has 1 aliphatic carbocycles. The Balaban J connectivity index is 1.57. The SMILES string of the molecule is C=C(C)[C@@H]1Cc2ccc(C3=NOC4COc5cc(OC)c(OC)cc5C34)c(O)c2C1. The van der Waals surface area contributed by atoms with Crippen molar-refractivity contribution in [2.24, 2.45) is 11.1 Å². The van der Waals surface area contributed by atoms with Crippen LogP contribution in [0.15, 0.2) is 41.6 Å². The minimum absolute atomic E-state index is 0.157. The van der Waals surface area contributed by atoms with Gasteiger partial charge >= 0.3 is 0 Å². The molecule has 0 saturated heterocycles. The Morgan fingerprint density at radius 1 is 1.17 bits per heavy atom. The Bertz CT molecular complexity index is 1070. The molecule has 3 aliphatic rings. The van der Waals surface area contributed by atoms with Crippen LogP contribution >= 0.6 is 0 Å². The first-order chi connectivity index (χ1) is 14.5. The van der Waals surface area contributed by atoms with Gasteiger partial charge in [-0.3, -0.25) is 0 Å². The van der Waals surface area contributed by atoms with Gasteiger partial charge in [-0.05, 0) is 48.9 Å². The number of ether oxygens (including phenoxy) is 3. The number of methoxy groups -OCH3 is 2. The number of oxime groups is 1. The predicted molar refractivity (Wildman–Crippen MR) is 113 cm³/mol. The van der Waals surface area contributed by atoms with Crippen LogP contribution < -0.4 is 14.2 Å². The van der Waals surface area contributed by atoms with Crippen LogP contribution in [0.5, 0.6) is 23.0 Å². The molecule has 156 valence electrons. The van der Waals surface area contributed by atoms with Crippen LogP contribution in [0.1, 0.15) is 35.1 Å². The molecule has 0 fully saturated rings. The summed E-state index contributed by atoms with van der Waals surface area (Å²) in [7, 11) is 3.21. The van der Waals surface area contributed by atoms with Crippen LogP contribution in [0, 0.1) is 5.92 Å². The lowest BCUT2D eigenvalue weighted by molar-refractivity contribution is 0.0285. The molecule has 30 heavy (non-hydrogen) atoms. The molecule has 0 radical (unpaired) electrons. The van der Waals surface area contributed by atoms with Gasteiger partial charge in [0, 0.05) is 17.2 Å². The minimum atomic E-state index is -0.249. The van der Waals surface area contributed by atoms with Crippen LogP contribution in [0.3, 0.4) is 0 Å². The molecule has 2 aromatic carbocycles. The second-order valence-corrected chi connectivity index (χ2v) is 8.21. The van der Waals surface area contributed by atoms with E-state index in [9.17, 15) is 5.11 Å². The quantitative estimate of drug-likeness (QED) is 0.777. The number of rotatable bonds is 4. The van der Waals surface area contributed by atoms with E-state index in [2.05, 4.69) is 24.7 Å². The summed E-state index contributed by atoms with van der Waals surface area (Å²) >= 11 is 0. The number of phenols is 1. The molecule has 2 aromatic rings. The summed E-state index contributed by atoms with van der Waals surface area (Å²) in [5.74, 6) is 2.46. The first-order valence-electron chi connectivity index (χ1n) is 10.1. The molecule has 0 aromatic heterocycles. The van der Waals surface area contributed by atoms with Crippen molar-refractivity contribution < 1.29 is 24.2 Å². The number of phenolic OH excluding ortho intramolecular Hbond substituents is 1. The van der Waals surface area contributed by atoms with E-state index in [-0.39, 0.29) is 12.0 Å². The van der Waals surface area contributed by atoms with Crippen LogP contribution in [-0.2, 0) is 17.7 Å². The minimum Gasteiger partial charge on any atom is -0.507 e. The monoisotopic (exact) mass is 407 g/mol. The van der Waals surface area contributed by atoms with Gasteiger partial charge in [0.2, 0.25) is 0 Å². The molecule has 6 nitrogen and oxygen atoms in total. The van der Waals surface area contributed by atoms with Gasteiger partial charge in [0.15, 0.2) is 17.6 Å². The highest BCUT2D eigenvalue weighted by molar-refractivity contribution is 6.08. The zero-order valence-electron chi connectivity index (χ0n) is 17.4. The van der Waals surface area contributed by atoms with Crippen molar-refractivity contribution in [3.05, 3.63) is 58.7 Å². The first-order valence-corrected chi connectivity index (χ1v) is 10.1. The summed E-state index contributed by atoms with van der Waals surface area (Å²) in [6.45, 7) is 6.53. The highest BCUT2D eigenvalue weighted by Crippen LogP contribution is 2.47. The highest BCUT2D eigenvalue weighted by Gasteiger charge is 2.43. The van der Waals surface area contributed by atoms with Crippen molar-refractivity contribution in [2.45, 2.75) is 31.8 Å². The third-order valence-electron chi connectivity index (χ3n) is 6.48. The summed E-state index contributed by atoms with van der Waals surface area (Å²) in [4.78, 5) is 5.71. The Morgan fingerprint density at radius 3 is 2.67 bits per heavy atom. The molecule has 1 N–H and O–H groups in total. The highest BCUT2D eigenvalue weighted by atomic mass is 16.7. The normalized spacial score (nSPS) is 23.4. The molecular formula is C24H25NO5. The van der Waals surface area contributed by atoms with E-state index in [0.29, 0.717) is 35.3 Å². The fourth-order valence-electron chi connectivity index (χ4n) is 4.76. The van der Waals surface area contributed by atoms with Crippen LogP contribution in [0.25, 0.3) is 0 Å². The van der Waals surface area contributed by atoms with Crippen molar-refractivity contribution in [3.63, 3.8) is 0 Å². The number of nitrogens with zero attached hydrogens (tertiary/aromatic N) is 1. The van der Waals surface area contributed by atoms with Gasteiger partial charge in [0.05, 0.1) is 20.1 Å². The number of hydrogen-bond acceptors (Lipinski definition) is 6. The summed E-state index contributed by atoms with van der Waals surface area (Å²) in [5, 5.41) is 15.5. The third-order valence-corrected chi connectivity index (χ3v) is 6.48. The third kappa shape index (κ3) is 2.74.